The van der Waals surface area contributed by atoms with Crippen LogP contribution in [0.2, 0.25) is 0 Å². The van der Waals surface area contributed by atoms with Crippen LogP contribution in [0.1, 0.15) is 0 Å². The molecule has 17 heavy (non-hydrogen) atoms. The summed E-state index contributed by atoms with van der Waals surface area (Å²) in [5, 5.41) is 1.32. The van der Waals surface area contributed by atoms with E-state index in [1.807, 2.05) is 24.3 Å². The third-order valence-corrected chi connectivity index (χ3v) is 3.96. The highest BCUT2D eigenvalue weighted by Crippen LogP contribution is 2.30. The van der Waals surface area contributed by atoms with Crippen LogP contribution in [0.25, 0.3) is 20.2 Å². The molecule has 0 aliphatic rings. The minimum absolute atomic E-state index is 0.00616. The number of hydrogen-bond acceptors (Lipinski definition) is 4. The minimum Gasteiger partial charge on any atom is -0.399 e. The Morgan fingerprint density at radius 3 is 2.59 bits per heavy atom. The maximum atomic E-state index is 12.3. The average Bonchev–Trinajstić information content (AvgIpc) is 2.31. The molecule has 0 aliphatic carbocycles. The number of rotatable bonds is 0. The van der Waals surface area contributed by atoms with Gasteiger partial charge in [0, 0.05) is 21.2 Å². The van der Waals surface area contributed by atoms with Gasteiger partial charge in [-0.1, -0.05) is 12.1 Å². The molecule has 0 saturated heterocycles. The lowest BCUT2D eigenvalue weighted by molar-refractivity contribution is 1.72. The third-order valence-electron chi connectivity index (χ3n) is 2.73. The van der Waals surface area contributed by atoms with Crippen molar-refractivity contribution in [2.45, 2.75) is 0 Å². The Morgan fingerprint density at radius 1 is 1.00 bits per heavy atom. The summed E-state index contributed by atoms with van der Waals surface area (Å²) in [4.78, 5) is 12.3. The van der Waals surface area contributed by atoms with Gasteiger partial charge >= 0.3 is 0 Å². The third kappa shape index (κ3) is 1.45. The predicted octanol–water partition coefficient (Wildman–Crippen LogP) is 2.58. The fourth-order valence-electron chi connectivity index (χ4n) is 1.96. The molecule has 3 aromatic rings. The Balaban J connectivity index is 2.64. The second-order valence-corrected chi connectivity index (χ2v) is 4.97. The first-order chi connectivity index (χ1) is 8.16. The van der Waals surface area contributed by atoms with Crippen molar-refractivity contribution in [1.29, 1.82) is 0 Å². The monoisotopic (exact) mass is 242 g/mol. The van der Waals surface area contributed by atoms with Gasteiger partial charge in [0.1, 0.15) is 0 Å². The highest BCUT2D eigenvalue weighted by molar-refractivity contribution is 7.25. The second-order valence-electron chi connectivity index (χ2n) is 3.91. The molecule has 3 nitrogen and oxygen atoms in total. The first kappa shape index (κ1) is 10.1. The van der Waals surface area contributed by atoms with Crippen LogP contribution in [0.3, 0.4) is 0 Å². The molecule has 0 bridgehead atoms. The maximum absolute atomic E-state index is 12.3. The van der Waals surface area contributed by atoms with Crippen LogP contribution in [0.15, 0.2) is 41.2 Å². The van der Waals surface area contributed by atoms with Crippen molar-refractivity contribution in [2.24, 2.45) is 0 Å². The normalized spacial score (nSPS) is 11.1. The van der Waals surface area contributed by atoms with Crippen LogP contribution in [0, 0.1) is 0 Å². The zero-order valence-electron chi connectivity index (χ0n) is 8.94. The van der Waals surface area contributed by atoms with Gasteiger partial charge in [0.15, 0.2) is 5.43 Å². The molecule has 0 aliphatic heterocycles. The molecule has 3 rings (SSSR count). The lowest BCUT2D eigenvalue weighted by Gasteiger charge is -2.04. The zero-order chi connectivity index (χ0) is 12.0. The summed E-state index contributed by atoms with van der Waals surface area (Å²) < 4.78 is 1.75. The number of benzene rings is 2. The highest BCUT2D eigenvalue weighted by Gasteiger charge is 2.08. The van der Waals surface area contributed by atoms with Gasteiger partial charge in [-0.15, -0.1) is 11.3 Å². The molecule has 0 spiro atoms. The van der Waals surface area contributed by atoms with Crippen LogP contribution < -0.4 is 16.9 Å². The molecule has 0 unspecified atom stereocenters. The van der Waals surface area contributed by atoms with E-state index in [2.05, 4.69) is 0 Å². The van der Waals surface area contributed by atoms with Gasteiger partial charge in [0.05, 0.1) is 10.4 Å². The number of nitrogens with two attached hydrogens (primary N) is 2. The van der Waals surface area contributed by atoms with Gasteiger partial charge in [-0.25, -0.2) is 0 Å². The smallest absolute Gasteiger partial charge is 0.196 e. The van der Waals surface area contributed by atoms with Crippen molar-refractivity contribution >= 4 is 42.9 Å². The number of fused-ring (bicyclic) bond motifs is 2. The van der Waals surface area contributed by atoms with Crippen molar-refractivity contribution in [1.82, 2.24) is 0 Å². The van der Waals surface area contributed by atoms with E-state index in [1.165, 1.54) is 11.3 Å². The molecule has 1 aromatic heterocycles. The van der Waals surface area contributed by atoms with Crippen LogP contribution in [0.4, 0.5) is 11.4 Å². The Morgan fingerprint density at radius 2 is 1.76 bits per heavy atom. The molecule has 0 amide bonds. The Kier molecular flexibility index (Phi) is 2.06. The van der Waals surface area contributed by atoms with Crippen molar-refractivity contribution in [3.8, 4) is 0 Å². The van der Waals surface area contributed by atoms with Gasteiger partial charge in [-0.2, -0.15) is 0 Å². The largest absolute Gasteiger partial charge is 0.399 e. The molecule has 0 saturated carbocycles. The van der Waals surface area contributed by atoms with Crippen LogP contribution >= 0.6 is 11.3 Å². The van der Waals surface area contributed by atoms with E-state index in [4.69, 9.17) is 11.5 Å². The summed E-state index contributed by atoms with van der Waals surface area (Å²) in [6, 6.07) is 10.9. The van der Waals surface area contributed by atoms with E-state index in [1.54, 1.807) is 12.1 Å². The number of anilines is 2. The van der Waals surface area contributed by atoms with Crippen LogP contribution in [-0.2, 0) is 0 Å². The van der Waals surface area contributed by atoms with E-state index in [-0.39, 0.29) is 5.43 Å². The average molecular weight is 242 g/mol. The molecule has 4 N–H and O–H groups in total. The van der Waals surface area contributed by atoms with Crippen molar-refractivity contribution < 1.29 is 0 Å². The summed E-state index contributed by atoms with van der Waals surface area (Å²) in [5.41, 5.74) is 12.7. The molecule has 84 valence electrons. The summed E-state index contributed by atoms with van der Waals surface area (Å²) >= 11 is 1.52. The lowest BCUT2D eigenvalue weighted by atomic mass is 10.1. The van der Waals surface area contributed by atoms with E-state index in [0.29, 0.717) is 16.8 Å². The molecule has 4 heteroatoms. The SMILES string of the molecule is Nc1cc(N)c2sc3ccccc3c(=O)c2c1. The van der Waals surface area contributed by atoms with Crippen LogP contribution in [-0.4, -0.2) is 0 Å². The van der Waals surface area contributed by atoms with Crippen molar-refractivity contribution in [3.05, 3.63) is 46.6 Å². The van der Waals surface area contributed by atoms with Crippen molar-refractivity contribution in [3.63, 3.8) is 0 Å². The Hall–Kier alpha value is -2.07. The molecule has 0 atom stereocenters. The van der Waals surface area contributed by atoms with Gasteiger partial charge in [0.25, 0.3) is 0 Å². The summed E-state index contributed by atoms with van der Waals surface area (Å²) in [6.45, 7) is 0. The van der Waals surface area contributed by atoms with Gasteiger partial charge < -0.3 is 11.5 Å². The predicted molar refractivity (Wildman–Crippen MR) is 74.4 cm³/mol. The highest BCUT2D eigenvalue weighted by atomic mass is 32.1. The van der Waals surface area contributed by atoms with E-state index in [0.717, 1.165) is 14.8 Å². The lowest BCUT2D eigenvalue weighted by Crippen LogP contribution is -2.03. The maximum Gasteiger partial charge on any atom is 0.196 e. The van der Waals surface area contributed by atoms with Crippen molar-refractivity contribution in [2.75, 3.05) is 11.5 Å². The first-order valence-electron chi connectivity index (χ1n) is 5.17. The summed E-state index contributed by atoms with van der Waals surface area (Å²) in [5.74, 6) is 0. The van der Waals surface area contributed by atoms with E-state index in [9.17, 15) is 4.79 Å². The summed E-state index contributed by atoms with van der Waals surface area (Å²) in [6.07, 6.45) is 0. The Bertz CT molecular complexity index is 792. The van der Waals surface area contributed by atoms with Gasteiger partial charge in [0.2, 0.25) is 0 Å². The minimum atomic E-state index is -0.00616. The fraction of sp³-hybridized carbons (Fsp3) is 0. The molecular formula is C13H10N2OS. The number of nitrogen functional groups attached to an aromatic ring is 2. The molecule has 1 heterocycles. The van der Waals surface area contributed by atoms with Crippen LogP contribution in [0.5, 0.6) is 0 Å². The Labute approximate surface area is 101 Å². The first-order valence-corrected chi connectivity index (χ1v) is 5.99. The van der Waals surface area contributed by atoms with Gasteiger partial charge in [-0.05, 0) is 24.3 Å². The zero-order valence-corrected chi connectivity index (χ0v) is 9.75. The standard InChI is InChI=1S/C13H10N2OS/c14-7-5-9-12(16)8-3-1-2-4-11(8)17-13(9)10(15)6-7/h1-6H,14-15H2. The second kappa shape index (κ2) is 3.46. The molecular weight excluding hydrogens is 232 g/mol. The quantitative estimate of drug-likeness (QED) is 0.470. The van der Waals surface area contributed by atoms with E-state index < -0.39 is 0 Å². The summed E-state index contributed by atoms with van der Waals surface area (Å²) in [7, 11) is 0. The molecule has 0 fully saturated rings. The van der Waals surface area contributed by atoms with E-state index >= 15 is 0 Å². The van der Waals surface area contributed by atoms with Gasteiger partial charge in [-0.3, -0.25) is 4.79 Å². The number of hydrogen-bond donors (Lipinski definition) is 2. The fourth-order valence-corrected chi connectivity index (χ4v) is 3.03. The topological polar surface area (TPSA) is 69.1 Å². The molecule has 2 aromatic carbocycles. The molecule has 0 radical (unpaired) electrons.